The van der Waals surface area contributed by atoms with Gasteiger partial charge in [0, 0.05) is 6.61 Å². The van der Waals surface area contributed by atoms with Gasteiger partial charge in [0.05, 0.1) is 5.88 Å². The number of ether oxygens (including phenoxy) is 1. The van der Waals surface area contributed by atoms with Gasteiger partial charge in [-0.05, 0) is 6.92 Å². The van der Waals surface area contributed by atoms with E-state index >= 15 is 0 Å². The van der Waals surface area contributed by atoms with Crippen LogP contribution in [0.4, 0.5) is 0 Å². The summed E-state index contributed by atoms with van der Waals surface area (Å²) in [6.45, 7) is 2.90. The highest BCUT2D eigenvalue weighted by atomic mass is 35.5. The molecule has 5 heteroatoms. The van der Waals surface area contributed by atoms with E-state index in [0.29, 0.717) is 24.9 Å². The Bertz CT molecular complexity index is 214. The van der Waals surface area contributed by atoms with Crippen molar-refractivity contribution in [3.8, 4) is 0 Å². The molecule has 0 saturated carbocycles. The third-order valence-electron chi connectivity index (χ3n) is 1.06. The van der Waals surface area contributed by atoms with Crippen LogP contribution in [0, 0.1) is 0 Å². The first-order valence-electron chi connectivity index (χ1n) is 3.32. The third-order valence-corrected chi connectivity index (χ3v) is 1.30. The largest absolute Gasteiger partial charge is 0.372 e. The lowest BCUT2D eigenvalue weighted by Crippen LogP contribution is -1.91. The van der Waals surface area contributed by atoms with E-state index in [1.807, 2.05) is 6.92 Å². The fourth-order valence-corrected chi connectivity index (χ4v) is 0.701. The average molecular weight is 177 g/mol. The Hall–Kier alpha value is -0.610. The van der Waals surface area contributed by atoms with Gasteiger partial charge in [-0.2, -0.15) is 4.98 Å². The molecule has 11 heavy (non-hydrogen) atoms. The second-order valence-corrected chi connectivity index (χ2v) is 2.14. The van der Waals surface area contributed by atoms with Crippen molar-refractivity contribution in [1.29, 1.82) is 0 Å². The Labute approximate surface area is 69.5 Å². The highest BCUT2D eigenvalue weighted by Gasteiger charge is 2.03. The number of halogens is 1. The molecule has 0 aliphatic carbocycles. The van der Waals surface area contributed by atoms with Gasteiger partial charge in [0.1, 0.15) is 6.61 Å². The predicted molar refractivity (Wildman–Crippen MR) is 39.2 cm³/mol. The van der Waals surface area contributed by atoms with Crippen LogP contribution in [0.2, 0.25) is 0 Å². The minimum atomic E-state index is 0.273. The van der Waals surface area contributed by atoms with Crippen molar-refractivity contribution in [2.45, 2.75) is 19.4 Å². The maximum absolute atomic E-state index is 5.45. The first-order chi connectivity index (χ1) is 5.36. The summed E-state index contributed by atoms with van der Waals surface area (Å²) in [5, 5.41) is 3.59. The van der Waals surface area contributed by atoms with Crippen LogP contribution in [0.1, 0.15) is 18.6 Å². The van der Waals surface area contributed by atoms with Gasteiger partial charge in [-0.15, -0.1) is 11.6 Å². The summed E-state index contributed by atoms with van der Waals surface area (Å²) in [5.74, 6) is 1.25. The van der Waals surface area contributed by atoms with Gasteiger partial charge < -0.3 is 9.26 Å². The zero-order valence-electron chi connectivity index (χ0n) is 6.21. The minimum Gasteiger partial charge on any atom is -0.372 e. The maximum Gasteiger partial charge on any atom is 0.252 e. The molecule has 0 N–H and O–H groups in total. The molecule has 0 saturated heterocycles. The van der Waals surface area contributed by atoms with Gasteiger partial charge in [0.25, 0.3) is 5.89 Å². The molecule has 1 aromatic heterocycles. The zero-order chi connectivity index (χ0) is 8.10. The molecule has 1 heterocycles. The molecule has 0 amide bonds. The molecule has 0 radical (unpaired) electrons. The summed E-state index contributed by atoms with van der Waals surface area (Å²) in [4.78, 5) is 3.93. The van der Waals surface area contributed by atoms with E-state index in [2.05, 4.69) is 10.1 Å². The number of hydrogen-bond acceptors (Lipinski definition) is 4. The molecule has 0 bridgehead atoms. The van der Waals surface area contributed by atoms with Crippen LogP contribution in [0.5, 0.6) is 0 Å². The van der Waals surface area contributed by atoms with E-state index in [9.17, 15) is 0 Å². The van der Waals surface area contributed by atoms with E-state index < -0.39 is 0 Å². The normalized spacial score (nSPS) is 10.4. The summed E-state index contributed by atoms with van der Waals surface area (Å²) in [7, 11) is 0. The summed E-state index contributed by atoms with van der Waals surface area (Å²) >= 11 is 5.45. The zero-order valence-corrected chi connectivity index (χ0v) is 6.97. The molecule has 1 aromatic rings. The second kappa shape index (κ2) is 4.31. The molecule has 1 rings (SSSR count). The molecule has 0 aliphatic heterocycles. The van der Waals surface area contributed by atoms with E-state index in [-0.39, 0.29) is 5.88 Å². The lowest BCUT2D eigenvalue weighted by Gasteiger charge is -1.91. The van der Waals surface area contributed by atoms with Crippen LogP contribution < -0.4 is 0 Å². The van der Waals surface area contributed by atoms with Gasteiger partial charge >= 0.3 is 0 Å². The average Bonchev–Trinajstić information content (AvgIpc) is 2.48. The van der Waals surface area contributed by atoms with Gasteiger partial charge in [-0.3, -0.25) is 0 Å². The van der Waals surface area contributed by atoms with Crippen molar-refractivity contribution in [2.75, 3.05) is 6.61 Å². The smallest absolute Gasteiger partial charge is 0.252 e. The summed E-state index contributed by atoms with van der Waals surface area (Å²) in [5.41, 5.74) is 0. The van der Waals surface area contributed by atoms with Crippen molar-refractivity contribution in [3.63, 3.8) is 0 Å². The Morgan fingerprint density at radius 1 is 1.64 bits per heavy atom. The highest BCUT2D eigenvalue weighted by Crippen LogP contribution is 2.01. The van der Waals surface area contributed by atoms with Crippen molar-refractivity contribution in [1.82, 2.24) is 10.1 Å². The number of rotatable bonds is 4. The number of alkyl halides is 1. The predicted octanol–water partition coefficient (Wildman–Crippen LogP) is 1.34. The van der Waals surface area contributed by atoms with Crippen LogP contribution in [0.3, 0.4) is 0 Å². The summed E-state index contributed by atoms with van der Waals surface area (Å²) in [6, 6.07) is 0. The molecule has 0 spiro atoms. The fourth-order valence-electron chi connectivity index (χ4n) is 0.592. The first-order valence-corrected chi connectivity index (χ1v) is 3.85. The van der Waals surface area contributed by atoms with Crippen molar-refractivity contribution in [2.24, 2.45) is 0 Å². The standard InChI is InChI=1S/C6H9ClN2O2/c1-2-10-4-6-8-5(3-7)9-11-6/h2-4H2,1H3. The SMILES string of the molecule is CCOCc1nc(CCl)no1. The van der Waals surface area contributed by atoms with Gasteiger partial charge in [-0.1, -0.05) is 5.16 Å². The van der Waals surface area contributed by atoms with Crippen molar-refractivity contribution >= 4 is 11.6 Å². The lowest BCUT2D eigenvalue weighted by atomic mass is 10.6. The topological polar surface area (TPSA) is 48.2 Å². The highest BCUT2D eigenvalue weighted by molar-refractivity contribution is 6.16. The molecule has 4 nitrogen and oxygen atoms in total. The van der Waals surface area contributed by atoms with Crippen molar-refractivity contribution in [3.05, 3.63) is 11.7 Å². The van der Waals surface area contributed by atoms with E-state index in [1.54, 1.807) is 0 Å². The van der Waals surface area contributed by atoms with E-state index in [0.717, 1.165) is 0 Å². The Morgan fingerprint density at radius 3 is 3.00 bits per heavy atom. The molecule has 0 aliphatic rings. The lowest BCUT2D eigenvalue weighted by molar-refractivity contribution is 0.109. The van der Waals surface area contributed by atoms with Crippen LogP contribution in [0.25, 0.3) is 0 Å². The number of nitrogens with zero attached hydrogens (tertiary/aromatic N) is 2. The van der Waals surface area contributed by atoms with Gasteiger partial charge in [-0.25, -0.2) is 0 Å². The second-order valence-electron chi connectivity index (χ2n) is 1.88. The molecule has 62 valence electrons. The molecule has 0 fully saturated rings. The molecular weight excluding hydrogens is 168 g/mol. The molecule has 0 atom stereocenters. The Morgan fingerprint density at radius 2 is 2.45 bits per heavy atom. The third kappa shape index (κ3) is 2.48. The maximum atomic E-state index is 5.45. The number of aromatic nitrogens is 2. The van der Waals surface area contributed by atoms with Gasteiger partial charge in [0.2, 0.25) is 0 Å². The Balaban J connectivity index is 2.44. The van der Waals surface area contributed by atoms with Crippen molar-refractivity contribution < 1.29 is 9.26 Å². The molecule has 0 unspecified atom stereocenters. The molecular formula is C6H9ClN2O2. The van der Waals surface area contributed by atoms with Crippen LogP contribution in [-0.2, 0) is 17.2 Å². The summed E-state index contributed by atoms with van der Waals surface area (Å²) in [6.07, 6.45) is 0. The quantitative estimate of drug-likeness (QED) is 0.650. The monoisotopic (exact) mass is 176 g/mol. The first kappa shape index (κ1) is 8.49. The Kier molecular flexibility index (Phi) is 3.32. The van der Waals surface area contributed by atoms with Crippen LogP contribution in [-0.4, -0.2) is 16.7 Å². The minimum absolute atomic E-state index is 0.273. The van der Waals surface area contributed by atoms with Crippen LogP contribution >= 0.6 is 11.6 Å². The fraction of sp³-hybridized carbons (Fsp3) is 0.667. The van der Waals surface area contributed by atoms with Crippen LogP contribution in [0.15, 0.2) is 4.52 Å². The van der Waals surface area contributed by atoms with E-state index in [4.69, 9.17) is 20.9 Å². The van der Waals surface area contributed by atoms with Gasteiger partial charge in [0.15, 0.2) is 5.82 Å². The number of hydrogen-bond donors (Lipinski definition) is 0. The summed E-state index contributed by atoms with van der Waals surface area (Å²) < 4.78 is 9.83. The molecule has 0 aromatic carbocycles. The van der Waals surface area contributed by atoms with E-state index in [1.165, 1.54) is 0 Å².